The second-order valence-electron chi connectivity index (χ2n) is 7.76. The van der Waals surface area contributed by atoms with Crippen molar-refractivity contribution < 1.29 is 9.53 Å². The number of benzene rings is 1. The summed E-state index contributed by atoms with van der Waals surface area (Å²) in [6.07, 6.45) is 7.84. The molecule has 29 heavy (non-hydrogen) atoms. The minimum Gasteiger partial charge on any atom is -0.460 e. The van der Waals surface area contributed by atoms with Gasteiger partial charge in [-0.1, -0.05) is 42.0 Å². The highest BCUT2D eigenvalue weighted by molar-refractivity contribution is 5.87. The monoisotopic (exact) mass is 390 g/mol. The summed E-state index contributed by atoms with van der Waals surface area (Å²) in [6, 6.07) is 14.5. The van der Waals surface area contributed by atoms with Gasteiger partial charge in [0.1, 0.15) is 0 Å². The van der Waals surface area contributed by atoms with Gasteiger partial charge in [0.05, 0.1) is 17.5 Å². The predicted molar refractivity (Wildman–Crippen MR) is 118 cm³/mol. The van der Waals surface area contributed by atoms with Gasteiger partial charge in [-0.05, 0) is 70.5 Å². The number of likely N-dealkylation sites (tertiary alicyclic amines) is 1. The Kier molecular flexibility index (Phi) is 7.36. The molecule has 3 rings (SSSR count). The Morgan fingerprint density at radius 3 is 2.55 bits per heavy atom. The molecule has 4 nitrogen and oxygen atoms in total. The third kappa shape index (κ3) is 6.40. The molecule has 0 bridgehead atoms. The molecule has 1 aromatic carbocycles. The Bertz CT molecular complexity index is 876. The summed E-state index contributed by atoms with van der Waals surface area (Å²) < 4.78 is 5.16. The first-order valence-corrected chi connectivity index (χ1v) is 10.4. The Hall–Kier alpha value is -2.72. The van der Waals surface area contributed by atoms with Crippen molar-refractivity contribution in [1.29, 1.82) is 0 Å². The molecule has 152 valence electrons. The molecule has 2 heterocycles. The maximum atomic E-state index is 11.8. The zero-order valence-electron chi connectivity index (χ0n) is 17.6. The van der Waals surface area contributed by atoms with Gasteiger partial charge < -0.3 is 4.74 Å². The molecule has 0 amide bonds. The van der Waals surface area contributed by atoms with Crippen LogP contribution in [0.3, 0.4) is 0 Å². The smallest absolute Gasteiger partial charge is 0.331 e. The summed E-state index contributed by atoms with van der Waals surface area (Å²) >= 11 is 0. The zero-order valence-corrected chi connectivity index (χ0v) is 17.6. The molecule has 0 spiro atoms. The van der Waals surface area contributed by atoms with Gasteiger partial charge in [-0.25, -0.2) is 9.78 Å². The third-order valence-corrected chi connectivity index (χ3v) is 4.90. The van der Waals surface area contributed by atoms with E-state index in [0.29, 0.717) is 0 Å². The van der Waals surface area contributed by atoms with Gasteiger partial charge in [0.15, 0.2) is 0 Å². The van der Waals surface area contributed by atoms with Crippen LogP contribution in [0.4, 0.5) is 0 Å². The summed E-state index contributed by atoms with van der Waals surface area (Å²) in [5.74, 6) is -0.351. The van der Waals surface area contributed by atoms with E-state index in [2.05, 4.69) is 42.2 Å². The predicted octanol–water partition coefficient (Wildman–Crippen LogP) is 4.88. The van der Waals surface area contributed by atoms with Crippen LogP contribution in [0.15, 0.2) is 54.6 Å². The highest BCUT2D eigenvalue weighted by atomic mass is 16.5. The lowest BCUT2D eigenvalue weighted by molar-refractivity contribution is -0.141. The molecule has 1 fully saturated rings. The Morgan fingerprint density at radius 2 is 1.86 bits per heavy atom. The number of carbonyl (C=O) groups is 1. The van der Waals surface area contributed by atoms with E-state index in [1.165, 1.54) is 24.5 Å². The van der Waals surface area contributed by atoms with Crippen molar-refractivity contribution in [2.45, 2.75) is 39.7 Å². The Morgan fingerprint density at radius 1 is 1.14 bits per heavy atom. The van der Waals surface area contributed by atoms with Crippen molar-refractivity contribution in [3.63, 3.8) is 0 Å². The van der Waals surface area contributed by atoms with E-state index >= 15 is 0 Å². The minimum absolute atomic E-state index is 0.131. The van der Waals surface area contributed by atoms with E-state index in [9.17, 15) is 4.79 Å². The molecule has 4 heteroatoms. The maximum Gasteiger partial charge on any atom is 0.331 e. The number of ether oxygens (including phenoxy) is 1. The van der Waals surface area contributed by atoms with Gasteiger partial charge in [-0.15, -0.1) is 0 Å². The SMILES string of the molecule is Cc1ccc(/C(=C\CN2CCCC2)c2cccc(/C=C/C(=O)OC(C)C)n2)cc1. The lowest BCUT2D eigenvalue weighted by atomic mass is 10.00. The van der Waals surface area contributed by atoms with E-state index in [1.807, 2.05) is 32.0 Å². The number of rotatable bonds is 7. The molecule has 0 saturated carbocycles. The molecule has 0 radical (unpaired) electrons. The molecule has 0 aliphatic carbocycles. The van der Waals surface area contributed by atoms with Gasteiger partial charge >= 0.3 is 5.97 Å². The van der Waals surface area contributed by atoms with E-state index in [-0.39, 0.29) is 12.1 Å². The van der Waals surface area contributed by atoms with E-state index in [1.54, 1.807) is 6.08 Å². The zero-order chi connectivity index (χ0) is 20.6. The largest absolute Gasteiger partial charge is 0.460 e. The van der Waals surface area contributed by atoms with Gasteiger partial charge in [0.25, 0.3) is 0 Å². The standard InChI is InChI=1S/C25H30N2O2/c1-19(2)29-25(28)14-13-22-7-6-8-24(26-22)23(15-18-27-16-4-5-17-27)21-11-9-20(3)10-12-21/h6-15,19H,4-5,16-18H2,1-3H3/b14-13+,23-15+. The molecule has 1 aromatic heterocycles. The number of aryl methyl sites for hydroxylation is 1. The van der Waals surface area contributed by atoms with Crippen molar-refractivity contribution in [1.82, 2.24) is 9.88 Å². The lowest BCUT2D eigenvalue weighted by Gasteiger charge is -2.14. The van der Waals surface area contributed by atoms with Crippen LogP contribution >= 0.6 is 0 Å². The van der Waals surface area contributed by atoms with Crippen LogP contribution < -0.4 is 0 Å². The van der Waals surface area contributed by atoms with Crippen molar-refractivity contribution in [3.8, 4) is 0 Å². The van der Waals surface area contributed by atoms with Crippen molar-refractivity contribution >= 4 is 17.6 Å². The fourth-order valence-corrected chi connectivity index (χ4v) is 3.41. The first-order chi connectivity index (χ1) is 14.0. The number of nitrogens with zero attached hydrogens (tertiary/aromatic N) is 2. The molecule has 2 aromatic rings. The highest BCUT2D eigenvalue weighted by Crippen LogP contribution is 2.23. The van der Waals surface area contributed by atoms with E-state index in [0.717, 1.165) is 42.2 Å². The highest BCUT2D eigenvalue weighted by Gasteiger charge is 2.12. The second-order valence-corrected chi connectivity index (χ2v) is 7.76. The Labute approximate surface area is 173 Å². The number of pyridine rings is 1. The van der Waals surface area contributed by atoms with Crippen molar-refractivity contribution in [2.75, 3.05) is 19.6 Å². The molecule has 1 aliphatic rings. The van der Waals surface area contributed by atoms with Gasteiger partial charge in [0.2, 0.25) is 0 Å². The van der Waals surface area contributed by atoms with Crippen molar-refractivity contribution in [3.05, 3.63) is 77.1 Å². The van der Waals surface area contributed by atoms with Crippen LogP contribution in [0.2, 0.25) is 0 Å². The molecule has 0 unspecified atom stereocenters. The molecule has 0 N–H and O–H groups in total. The first kappa shape index (κ1) is 21.0. The van der Waals surface area contributed by atoms with Gasteiger partial charge in [-0.2, -0.15) is 0 Å². The van der Waals surface area contributed by atoms with Crippen LogP contribution in [0.5, 0.6) is 0 Å². The molecular formula is C25H30N2O2. The number of esters is 1. The van der Waals surface area contributed by atoms with Crippen LogP contribution in [-0.4, -0.2) is 41.6 Å². The van der Waals surface area contributed by atoms with Crippen LogP contribution in [0.25, 0.3) is 11.6 Å². The minimum atomic E-state index is -0.351. The number of hydrogen-bond donors (Lipinski definition) is 0. The summed E-state index contributed by atoms with van der Waals surface area (Å²) in [4.78, 5) is 19.1. The van der Waals surface area contributed by atoms with E-state index in [4.69, 9.17) is 9.72 Å². The van der Waals surface area contributed by atoms with Crippen molar-refractivity contribution in [2.24, 2.45) is 0 Å². The summed E-state index contributed by atoms with van der Waals surface area (Å²) in [5.41, 5.74) is 5.16. The first-order valence-electron chi connectivity index (χ1n) is 10.4. The topological polar surface area (TPSA) is 42.4 Å². The lowest BCUT2D eigenvalue weighted by Crippen LogP contribution is -2.19. The van der Waals surface area contributed by atoms with Crippen LogP contribution in [0.1, 0.15) is 49.2 Å². The van der Waals surface area contributed by atoms with Gasteiger partial charge in [-0.3, -0.25) is 4.90 Å². The number of carbonyl (C=O) groups excluding carboxylic acids is 1. The van der Waals surface area contributed by atoms with E-state index < -0.39 is 0 Å². The normalized spacial score (nSPS) is 15.4. The number of aromatic nitrogens is 1. The Balaban J connectivity index is 1.86. The summed E-state index contributed by atoms with van der Waals surface area (Å²) in [6.45, 7) is 9.01. The van der Waals surface area contributed by atoms with Gasteiger partial charge in [0, 0.05) is 18.2 Å². The fraction of sp³-hybridized carbons (Fsp3) is 0.360. The molecule has 1 aliphatic heterocycles. The number of hydrogen-bond acceptors (Lipinski definition) is 4. The van der Waals surface area contributed by atoms with Crippen LogP contribution in [-0.2, 0) is 9.53 Å². The second kappa shape index (κ2) is 10.2. The summed E-state index contributed by atoms with van der Waals surface area (Å²) in [5, 5.41) is 0. The average molecular weight is 391 g/mol. The molecule has 0 atom stereocenters. The third-order valence-electron chi connectivity index (χ3n) is 4.90. The quantitative estimate of drug-likeness (QED) is 0.499. The molecule has 1 saturated heterocycles. The molecular weight excluding hydrogens is 360 g/mol. The maximum absolute atomic E-state index is 11.8. The summed E-state index contributed by atoms with van der Waals surface area (Å²) in [7, 11) is 0. The fourth-order valence-electron chi connectivity index (χ4n) is 3.41. The average Bonchev–Trinajstić information content (AvgIpc) is 3.21. The van der Waals surface area contributed by atoms with Crippen LogP contribution in [0, 0.1) is 6.92 Å².